The summed E-state index contributed by atoms with van der Waals surface area (Å²) in [7, 11) is 0. The molecule has 2 aromatic rings. The average molecular weight is 246 g/mol. The standard InChI is InChI=1S/C13H14N2O3/c1-7-2-9(12(18-7)13(16)17)3-8-4-10(14)6-11(15)5-8/h2,4-6H,3,14-15H2,1H3,(H,16,17). The van der Waals surface area contributed by atoms with Crippen LogP contribution >= 0.6 is 0 Å². The van der Waals surface area contributed by atoms with Crippen molar-refractivity contribution in [3.05, 3.63) is 46.9 Å². The summed E-state index contributed by atoms with van der Waals surface area (Å²) in [5, 5.41) is 9.02. The molecule has 0 spiro atoms. The molecular formula is C13H14N2O3. The number of carboxylic acids is 1. The maximum atomic E-state index is 11.0. The van der Waals surface area contributed by atoms with Crippen molar-refractivity contribution < 1.29 is 14.3 Å². The summed E-state index contributed by atoms with van der Waals surface area (Å²) in [6.07, 6.45) is 0.425. The fourth-order valence-corrected chi connectivity index (χ4v) is 1.95. The Bertz CT molecular complexity index is 582. The highest BCUT2D eigenvalue weighted by Gasteiger charge is 2.16. The Balaban J connectivity index is 2.36. The molecule has 0 saturated heterocycles. The smallest absolute Gasteiger partial charge is 0.372 e. The van der Waals surface area contributed by atoms with E-state index in [4.69, 9.17) is 21.0 Å². The first-order valence-corrected chi connectivity index (χ1v) is 5.43. The number of hydrogen-bond acceptors (Lipinski definition) is 4. The third kappa shape index (κ3) is 2.45. The second kappa shape index (κ2) is 4.44. The molecule has 0 radical (unpaired) electrons. The van der Waals surface area contributed by atoms with Gasteiger partial charge in [-0.1, -0.05) is 0 Å². The Morgan fingerprint density at radius 2 is 1.83 bits per heavy atom. The Labute approximate surface area is 104 Å². The molecule has 1 heterocycles. The van der Waals surface area contributed by atoms with Gasteiger partial charge in [0.15, 0.2) is 0 Å². The van der Waals surface area contributed by atoms with Gasteiger partial charge in [-0.3, -0.25) is 0 Å². The normalized spacial score (nSPS) is 10.5. The van der Waals surface area contributed by atoms with Crippen molar-refractivity contribution in [2.24, 2.45) is 0 Å². The highest BCUT2D eigenvalue weighted by atomic mass is 16.4. The van der Waals surface area contributed by atoms with Crippen LogP contribution in [0.5, 0.6) is 0 Å². The molecule has 0 aliphatic carbocycles. The Hall–Kier alpha value is -2.43. The van der Waals surface area contributed by atoms with Gasteiger partial charge in [0.05, 0.1) is 0 Å². The predicted molar refractivity (Wildman–Crippen MR) is 68.5 cm³/mol. The highest BCUT2D eigenvalue weighted by molar-refractivity contribution is 5.86. The van der Waals surface area contributed by atoms with Crippen molar-refractivity contribution in [3.63, 3.8) is 0 Å². The van der Waals surface area contributed by atoms with Gasteiger partial charge in [-0.25, -0.2) is 4.79 Å². The molecule has 18 heavy (non-hydrogen) atoms. The molecule has 0 saturated carbocycles. The number of rotatable bonds is 3. The number of hydrogen-bond donors (Lipinski definition) is 3. The quantitative estimate of drug-likeness (QED) is 0.719. The zero-order valence-electron chi connectivity index (χ0n) is 9.93. The maximum absolute atomic E-state index is 11.0. The number of carboxylic acid groups (broad SMARTS) is 1. The first-order chi connectivity index (χ1) is 8.45. The maximum Gasteiger partial charge on any atom is 0.372 e. The average Bonchev–Trinajstić information content (AvgIpc) is 2.57. The van der Waals surface area contributed by atoms with Gasteiger partial charge in [0.25, 0.3) is 0 Å². The number of furan rings is 1. The molecule has 2 rings (SSSR count). The van der Waals surface area contributed by atoms with E-state index in [0.29, 0.717) is 29.1 Å². The summed E-state index contributed by atoms with van der Waals surface area (Å²) in [4.78, 5) is 11.0. The fraction of sp³-hybridized carbons (Fsp3) is 0.154. The van der Waals surface area contributed by atoms with Crippen LogP contribution < -0.4 is 11.5 Å². The number of nitrogen functional groups attached to an aromatic ring is 2. The number of nitrogens with two attached hydrogens (primary N) is 2. The molecule has 0 fully saturated rings. The lowest BCUT2D eigenvalue weighted by Gasteiger charge is -2.04. The third-order valence-corrected chi connectivity index (χ3v) is 2.56. The Morgan fingerprint density at radius 3 is 2.39 bits per heavy atom. The molecule has 0 bridgehead atoms. The second-order valence-electron chi connectivity index (χ2n) is 4.20. The highest BCUT2D eigenvalue weighted by Crippen LogP contribution is 2.21. The Morgan fingerprint density at radius 1 is 1.22 bits per heavy atom. The van der Waals surface area contributed by atoms with Crippen molar-refractivity contribution in [2.45, 2.75) is 13.3 Å². The van der Waals surface area contributed by atoms with Crippen molar-refractivity contribution in [1.82, 2.24) is 0 Å². The summed E-state index contributed by atoms with van der Waals surface area (Å²) in [5.74, 6) is -0.539. The van der Waals surface area contributed by atoms with Gasteiger partial charge in [0, 0.05) is 23.4 Å². The summed E-state index contributed by atoms with van der Waals surface area (Å²) < 4.78 is 5.15. The second-order valence-corrected chi connectivity index (χ2v) is 4.20. The minimum Gasteiger partial charge on any atom is -0.475 e. The van der Waals surface area contributed by atoms with Crippen molar-refractivity contribution in [1.29, 1.82) is 0 Å². The van der Waals surface area contributed by atoms with Crippen LogP contribution in [0.15, 0.2) is 28.7 Å². The zero-order chi connectivity index (χ0) is 13.3. The molecule has 1 aromatic carbocycles. The van der Waals surface area contributed by atoms with E-state index < -0.39 is 5.97 Å². The zero-order valence-corrected chi connectivity index (χ0v) is 9.93. The van der Waals surface area contributed by atoms with Gasteiger partial charge in [0.1, 0.15) is 5.76 Å². The molecule has 94 valence electrons. The summed E-state index contributed by atoms with van der Waals surface area (Å²) in [6, 6.07) is 6.90. The summed E-state index contributed by atoms with van der Waals surface area (Å²) in [6.45, 7) is 1.71. The van der Waals surface area contributed by atoms with Crippen LogP contribution in [-0.4, -0.2) is 11.1 Å². The molecule has 0 aliphatic rings. The Kier molecular flexibility index (Phi) is 2.97. The topological polar surface area (TPSA) is 102 Å². The molecule has 5 heteroatoms. The first kappa shape index (κ1) is 12.0. The number of carbonyl (C=O) groups is 1. The van der Waals surface area contributed by atoms with E-state index >= 15 is 0 Å². The number of benzene rings is 1. The lowest BCUT2D eigenvalue weighted by Crippen LogP contribution is -2.00. The van der Waals surface area contributed by atoms with E-state index in [1.165, 1.54) is 0 Å². The van der Waals surface area contributed by atoms with Gasteiger partial charge < -0.3 is 21.0 Å². The molecule has 1 aromatic heterocycles. The van der Waals surface area contributed by atoms with Gasteiger partial charge >= 0.3 is 5.97 Å². The predicted octanol–water partition coefficient (Wildman–Crippen LogP) is 2.04. The molecule has 0 unspecified atom stereocenters. The van der Waals surface area contributed by atoms with Crippen LogP contribution in [0.2, 0.25) is 0 Å². The van der Waals surface area contributed by atoms with E-state index in [9.17, 15) is 4.79 Å². The van der Waals surface area contributed by atoms with E-state index in [0.717, 1.165) is 5.56 Å². The molecule has 0 atom stereocenters. The van der Waals surface area contributed by atoms with Crippen LogP contribution in [-0.2, 0) is 6.42 Å². The van der Waals surface area contributed by atoms with Crippen LogP contribution in [0.3, 0.4) is 0 Å². The van der Waals surface area contributed by atoms with Crippen LogP contribution in [0.25, 0.3) is 0 Å². The van der Waals surface area contributed by atoms with Crippen molar-refractivity contribution in [2.75, 3.05) is 11.5 Å². The summed E-state index contributed by atoms with van der Waals surface area (Å²) in [5.41, 5.74) is 14.0. The monoisotopic (exact) mass is 246 g/mol. The van der Waals surface area contributed by atoms with E-state index in [-0.39, 0.29) is 5.76 Å². The van der Waals surface area contributed by atoms with E-state index in [2.05, 4.69) is 0 Å². The van der Waals surface area contributed by atoms with Crippen LogP contribution in [0, 0.1) is 6.92 Å². The molecular weight excluding hydrogens is 232 g/mol. The minimum absolute atomic E-state index is 0.0338. The van der Waals surface area contributed by atoms with Gasteiger partial charge in [-0.05, 0) is 36.8 Å². The van der Waals surface area contributed by atoms with Gasteiger partial charge in [-0.15, -0.1) is 0 Å². The van der Waals surface area contributed by atoms with Crippen molar-refractivity contribution >= 4 is 17.3 Å². The van der Waals surface area contributed by atoms with Gasteiger partial charge in [-0.2, -0.15) is 0 Å². The molecule has 0 amide bonds. The number of anilines is 2. The molecule has 5 nitrogen and oxygen atoms in total. The fourth-order valence-electron chi connectivity index (χ4n) is 1.95. The first-order valence-electron chi connectivity index (χ1n) is 5.43. The SMILES string of the molecule is Cc1cc(Cc2cc(N)cc(N)c2)c(C(=O)O)o1. The van der Waals surface area contributed by atoms with Crippen LogP contribution in [0.4, 0.5) is 11.4 Å². The lowest BCUT2D eigenvalue weighted by molar-refractivity contribution is 0.0659. The van der Waals surface area contributed by atoms with Gasteiger partial charge in [0.2, 0.25) is 5.76 Å². The number of aromatic carboxylic acids is 1. The van der Waals surface area contributed by atoms with E-state index in [1.807, 2.05) is 0 Å². The third-order valence-electron chi connectivity index (χ3n) is 2.56. The van der Waals surface area contributed by atoms with Crippen LogP contribution in [0.1, 0.15) is 27.4 Å². The molecule has 5 N–H and O–H groups in total. The molecule has 0 aliphatic heterocycles. The summed E-state index contributed by atoms with van der Waals surface area (Å²) >= 11 is 0. The number of aryl methyl sites for hydroxylation is 1. The largest absolute Gasteiger partial charge is 0.475 e. The van der Waals surface area contributed by atoms with E-state index in [1.54, 1.807) is 31.2 Å². The van der Waals surface area contributed by atoms with Crippen molar-refractivity contribution in [3.8, 4) is 0 Å². The lowest BCUT2D eigenvalue weighted by atomic mass is 10.0. The minimum atomic E-state index is -1.07.